The summed E-state index contributed by atoms with van der Waals surface area (Å²) in [5.41, 5.74) is -2.63. The van der Waals surface area contributed by atoms with Gasteiger partial charge in [-0.2, -0.15) is 0 Å². The van der Waals surface area contributed by atoms with Gasteiger partial charge < -0.3 is 44.3 Å². The van der Waals surface area contributed by atoms with Crippen LogP contribution in [0.2, 0.25) is 0 Å². The van der Waals surface area contributed by atoms with Crippen LogP contribution in [0.5, 0.6) is 0 Å². The topological polar surface area (TPSA) is 138 Å². The van der Waals surface area contributed by atoms with Gasteiger partial charge in [0.15, 0.2) is 6.29 Å². The number of nitrogens with zero attached hydrogens (tertiary/aromatic N) is 1. The smallest absolute Gasteiger partial charge is 0.311 e. The van der Waals surface area contributed by atoms with Crippen LogP contribution in [-0.4, -0.2) is 112 Å². The van der Waals surface area contributed by atoms with Gasteiger partial charge in [-0.1, -0.05) is 27.7 Å². The number of aliphatic hydroxyl groups is 4. The van der Waals surface area contributed by atoms with E-state index in [9.17, 15) is 25.2 Å². The first kappa shape index (κ1) is 32.7. The van der Waals surface area contributed by atoms with Crippen molar-refractivity contribution in [3.8, 4) is 0 Å². The summed E-state index contributed by atoms with van der Waals surface area (Å²) >= 11 is 0. The van der Waals surface area contributed by atoms with Gasteiger partial charge in [0.05, 0.1) is 42.0 Å². The highest BCUT2D eigenvalue weighted by atomic mass is 16.7. The second-order valence-corrected chi connectivity index (χ2v) is 13.2. The van der Waals surface area contributed by atoms with Gasteiger partial charge in [-0.3, -0.25) is 4.79 Å². The number of fused-ring (bicyclic) bond motifs is 2. The maximum Gasteiger partial charge on any atom is 0.311 e. The molecule has 10 nitrogen and oxygen atoms in total. The molecule has 2 bridgehead atoms. The Labute approximate surface area is 233 Å². The number of carbonyl (C=O) groups is 1. The standard InChI is InChI=1S/C29H53NO9/c1-11-20(31)29(8,35)25-18(6)23-14(2)13-28(7,39-23)24(16(4)21(32)17(5)26(34)37-25)38-27-22(33)19(30(9)10)12-15(3)36-27/h14-25,27,31-33,35H,11-13H2,1-10H3/t14?,15?,16-,17+,18-,19?,20+,21-,22?,23?,24+,25+,27-,28?,29+/m0/s1. The molecule has 0 aromatic carbocycles. The average molecular weight is 560 g/mol. The second-order valence-electron chi connectivity index (χ2n) is 13.2. The summed E-state index contributed by atoms with van der Waals surface area (Å²) in [4.78, 5) is 15.3. The summed E-state index contributed by atoms with van der Waals surface area (Å²) in [7, 11) is 3.82. The van der Waals surface area contributed by atoms with E-state index in [1.807, 2.05) is 53.6 Å². The summed E-state index contributed by atoms with van der Waals surface area (Å²) in [5, 5.41) is 44.7. The minimum absolute atomic E-state index is 0.0151. The molecule has 4 N–H and O–H groups in total. The van der Waals surface area contributed by atoms with Crippen LogP contribution < -0.4 is 0 Å². The Hall–Kier alpha value is -0.850. The SMILES string of the molecule is CC[C@@H](O)[C@@](C)(O)[C@@H]1OC(=O)[C@H](C)[C@@H](O)[C@H](C)[C@@H](O[C@@H]2OC(C)CC(N(C)C)C2O)C2(C)CC(C)C(O2)[C@@H]1C. The van der Waals surface area contributed by atoms with Gasteiger partial charge in [0.1, 0.15) is 17.8 Å². The molecule has 0 aromatic rings. The Kier molecular flexibility index (Phi) is 10.2. The molecule has 0 saturated carbocycles. The number of likely N-dealkylation sites (N-methyl/N-ethyl adjacent to an activating group) is 1. The molecule has 3 aliphatic heterocycles. The highest BCUT2D eigenvalue weighted by Gasteiger charge is 2.57. The summed E-state index contributed by atoms with van der Waals surface area (Å²) in [6.45, 7) is 14.4. The van der Waals surface area contributed by atoms with Gasteiger partial charge in [-0.15, -0.1) is 0 Å². The van der Waals surface area contributed by atoms with Crippen LogP contribution >= 0.6 is 0 Å². The number of aliphatic hydroxyl groups excluding tert-OH is 3. The van der Waals surface area contributed by atoms with Crippen molar-refractivity contribution in [2.75, 3.05) is 14.1 Å². The summed E-state index contributed by atoms with van der Waals surface area (Å²) in [5.74, 6) is -2.70. The number of rotatable bonds is 6. The van der Waals surface area contributed by atoms with Crippen molar-refractivity contribution >= 4 is 5.97 Å². The van der Waals surface area contributed by atoms with Gasteiger partial charge in [-0.05, 0) is 67.0 Å². The molecule has 15 atom stereocenters. The molecule has 3 fully saturated rings. The number of hydrogen-bond donors (Lipinski definition) is 4. The third kappa shape index (κ3) is 6.33. The molecule has 3 saturated heterocycles. The van der Waals surface area contributed by atoms with E-state index in [1.165, 1.54) is 6.92 Å². The summed E-state index contributed by atoms with van der Waals surface area (Å²) < 4.78 is 25.3. The maximum atomic E-state index is 13.4. The van der Waals surface area contributed by atoms with Gasteiger partial charge in [0.2, 0.25) is 0 Å². The first-order valence-electron chi connectivity index (χ1n) is 14.6. The molecule has 0 aromatic heterocycles. The second kappa shape index (κ2) is 12.2. The number of carbonyl (C=O) groups excluding carboxylic acids is 1. The Morgan fingerprint density at radius 1 is 1.13 bits per heavy atom. The van der Waals surface area contributed by atoms with E-state index in [0.717, 1.165) is 0 Å². The lowest BCUT2D eigenvalue weighted by atomic mass is 9.76. The molecule has 3 heterocycles. The van der Waals surface area contributed by atoms with Crippen molar-refractivity contribution in [1.82, 2.24) is 4.90 Å². The van der Waals surface area contributed by atoms with Crippen LogP contribution in [0.3, 0.4) is 0 Å². The molecule has 228 valence electrons. The van der Waals surface area contributed by atoms with Crippen molar-refractivity contribution in [3.05, 3.63) is 0 Å². The number of esters is 1. The van der Waals surface area contributed by atoms with Gasteiger partial charge in [0, 0.05) is 17.9 Å². The minimum Gasteiger partial charge on any atom is -0.459 e. The van der Waals surface area contributed by atoms with Crippen LogP contribution in [0.15, 0.2) is 0 Å². The fourth-order valence-electron chi connectivity index (χ4n) is 7.20. The highest BCUT2D eigenvalue weighted by molar-refractivity contribution is 5.73. The van der Waals surface area contributed by atoms with E-state index in [-0.39, 0.29) is 24.5 Å². The monoisotopic (exact) mass is 559 g/mol. The Morgan fingerprint density at radius 3 is 2.31 bits per heavy atom. The molecule has 10 heteroatoms. The third-order valence-electron chi connectivity index (χ3n) is 9.63. The summed E-state index contributed by atoms with van der Waals surface area (Å²) in [6.07, 6.45) is -5.06. The molecule has 0 aliphatic carbocycles. The largest absolute Gasteiger partial charge is 0.459 e. The van der Waals surface area contributed by atoms with Crippen molar-refractivity contribution in [2.24, 2.45) is 23.7 Å². The van der Waals surface area contributed by atoms with E-state index in [0.29, 0.717) is 12.8 Å². The minimum atomic E-state index is -1.73. The Morgan fingerprint density at radius 2 is 1.74 bits per heavy atom. The quantitative estimate of drug-likeness (QED) is 0.356. The fraction of sp³-hybridized carbons (Fsp3) is 0.966. The lowest BCUT2D eigenvalue weighted by Crippen LogP contribution is -2.58. The molecule has 6 unspecified atom stereocenters. The normalized spacial score (nSPS) is 48.2. The van der Waals surface area contributed by atoms with Gasteiger partial charge in [0.25, 0.3) is 0 Å². The zero-order chi connectivity index (χ0) is 29.6. The lowest BCUT2D eigenvalue weighted by molar-refractivity contribution is -0.301. The van der Waals surface area contributed by atoms with E-state index < -0.39 is 77.8 Å². The van der Waals surface area contributed by atoms with Crippen LogP contribution in [-0.2, 0) is 23.7 Å². The van der Waals surface area contributed by atoms with Crippen molar-refractivity contribution in [1.29, 1.82) is 0 Å². The van der Waals surface area contributed by atoms with E-state index in [4.69, 9.17) is 18.9 Å². The molecule has 0 amide bonds. The van der Waals surface area contributed by atoms with Crippen LogP contribution in [0, 0.1) is 23.7 Å². The predicted molar refractivity (Wildman–Crippen MR) is 145 cm³/mol. The molecule has 3 aliphatic rings. The molecule has 0 spiro atoms. The van der Waals surface area contributed by atoms with Crippen molar-refractivity contribution in [2.45, 2.75) is 141 Å². The number of hydrogen-bond acceptors (Lipinski definition) is 10. The fourth-order valence-corrected chi connectivity index (χ4v) is 7.20. The first-order valence-corrected chi connectivity index (χ1v) is 14.6. The van der Waals surface area contributed by atoms with E-state index in [1.54, 1.807) is 13.8 Å². The summed E-state index contributed by atoms with van der Waals surface area (Å²) in [6, 6.07) is -0.174. The predicted octanol–water partition coefficient (Wildman–Crippen LogP) is 1.70. The van der Waals surface area contributed by atoms with Gasteiger partial charge in [-0.25, -0.2) is 0 Å². The zero-order valence-corrected chi connectivity index (χ0v) is 25.4. The van der Waals surface area contributed by atoms with Crippen LogP contribution in [0.25, 0.3) is 0 Å². The highest BCUT2D eigenvalue weighted by Crippen LogP contribution is 2.47. The molecule has 39 heavy (non-hydrogen) atoms. The third-order valence-corrected chi connectivity index (χ3v) is 9.63. The number of cyclic esters (lactones) is 1. The molecular weight excluding hydrogens is 506 g/mol. The number of ether oxygens (including phenoxy) is 4. The van der Waals surface area contributed by atoms with Crippen molar-refractivity contribution < 1.29 is 44.2 Å². The molecule has 3 rings (SSSR count). The van der Waals surface area contributed by atoms with E-state index in [2.05, 4.69) is 0 Å². The Bertz CT molecular complexity index is 840. The van der Waals surface area contributed by atoms with Crippen molar-refractivity contribution in [3.63, 3.8) is 0 Å². The molecular formula is C29H53NO9. The lowest BCUT2D eigenvalue weighted by Gasteiger charge is -2.46. The average Bonchev–Trinajstić information content (AvgIpc) is 3.18. The van der Waals surface area contributed by atoms with Crippen LogP contribution in [0.4, 0.5) is 0 Å². The zero-order valence-electron chi connectivity index (χ0n) is 25.4. The van der Waals surface area contributed by atoms with Crippen LogP contribution in [0.1, 0.15) is 74.7 Å². The maximum absolute atomic E-state index is 13.4. The Balaban J connectivity index is 2.04. The van der Waals surface area contributed by atoms with E-state index >= 15 is 0 Å². The first-order chi connectivity index (χ1) is 18.0. The molecule has 0 radical (unpaired) electrons. The van der Waals surface area contributed by atoms with Gasteiger partial charge >= 0.3 is 5.97 Å².